The van der Waals surface area contributed by atoms with E-state index in [2.05, 4.69) is 39.8 Å². The minimum Gasteiger partial charge on any atom is -0.389 e. The Morgan fingerprint density at radius 3 is 2.52 bits per heavy atom. The molecule has 1 aliphatic heterocycles. The molecule has 0 amide bonds. The molecule has 1 heterocycles. The van der Waals surface area contributed by atoms with Crippen LogP contribution in [-0.4, -0.2) is 27.3 Å². The first-order valence-corrected chi connectivity index (χ1v) is 10.1. The second-order valence-electron chi connectivity index (χ2n) is 9.50. The molecule has 0 radical (unpaired) electrons. The molecule has 0 unspecified atom stereocenters. The van der Waals surface area contributed by atoms with Crippen molar-refractivity contribution in [3.63, 3.8) is 0 Å². The van der Waals surface area contributed by atoms with E-state index in [9.17, 15) is 10.4 Å². The summed E-state index contributed by atoms with van der Waals surface area (Å²) in [5.41, 5.74) is -0.218. The number of fused-ring (bicyclic) bond motifs is 1. The smallest absolute Gasteiger partial charge is 0.0796 e. The maximum absolute atomic E-state index is 10.9. The molecule has 0 bridgehead atoms. The second-order valence-corrected chi connectivity index (χ2v) is 10.0. The molecular weight excluding hydrogens is 334 g/mol. The zero-order chi connectivity index (χ0) is 18.6. The molecule has 4 heteroatoms. The average Bonchev–Trinajstić information content (AvgIpc) is 2.50. The Balaban J connectivity index is 1.99. The molecule has 2 aliphatic carbocycles. The molecule has 25 heavy (non-hydrogen) atoms. The summed E-state index contributed by atoms with van der Waals surface area (Å²) in [6.07, 6.45) is 6.74. The summed E-state index contributed by atoms with van der Waals surface area (Å²) in [6.45, 7) is 10.4. The maximum Gasteiger partial charge on any atom is 0.0796 e. The number of nitriles is 1. The Morgan fingerprint density at radius 2 is 1.92 bits per heavy atom. The van der Waals surface area contributed by atoms with Crippen LogP contribution in [0.3, 0.4) is 0 Å². The third-order valence-corrected chi connectivity index (χ3v) is 8.04. The summed E-state index contributed by atoms with van der Waals surface area (Å²) in [4.78, 5) is 0. The van der Waals surface area contributed by atoms with Gasteiger partial charge in [-0.1, -0.05) is 11.6 Å². The molecule has 0 aromatic heterocycles. The van der Waals surface area contributed by atoms with Crippen LogP contribution in [0.25, 0.3) is 0 Å². The zero-order valence-corrected chi connectivity index (χ0v) is 16.9. The molecular formula is C21H32ClNO2. The SMILES string of the molecule is CC1=CC[C@@H]([C@]2(C)CC[C@@H](Cl)C(C)(C)O2)[C@H]2[C@H]1CC[C@](C)(O)[C@H]2C#N. The molecule has 0 aromatic rings. The van der Waals surface area contributed by atoms with Gasteiger partial charge in [-0.2, -0.15) is 5.26 Å². The molecule has 140 valence electrons. The van der Waals surface area contributed by atoms with E-state index in [4.69, 9.17) is 16.3 Å². The lowest BCUT2D eigenvalue weighted by atomic mass is 9.53. The van der Waals surface area contributed by atoms with Crippen LogP contribution in [-0.2, 0) is 4.74 Å². The molecule has 3 rings (SSSR count). The van der Waals surface area contributed by atoms with Gasteiger partial charge in [-0.25, -0.2) is 0 Å². The third-order valence-electron chi connectivity index (χ3n) is 7.29. The quantitative estimate of drug-likeness (QED) is 0.535. The van der Waals surface area contributed by atoms with Crippen molar-refractivity contribution in [2.45, 2.75) is 88.9 Å². The highest BCUT2D eigenvalue weighted by molar-refractivity contribution is 6.21. The van der Waals surface area contributed by atoms with E-state index in [1.807, 2.05) is 6.92 Å². The highest BCUT2D eigenvalue weighted by Crippen LogP contribution is 2.56. The summed E-state index contributed by atoms with van der Waals surface area (Å²) >= 11 is 6.51. The number of nitrogens with zero attached hydrogens (tertiary/aromatic N) is 1. The van der Waals surface area contributed by atoms with Crippen molar-refractivity contribution in [3.05, 3.63) is 11.6 Å². The summed E-state index contributed by atoms with van der Waals surface area (Å²) < 4.78 is 6.61. The predicted octanol–water partition coefficient (Wildman–Crippen LogP) is 4.82. The summed E-state index contributed by atoms with van der Waals surface area (Å²) in [5, 5.41) is 20.8. The summed E-state index contributed by atoms with van der Waals surface area (Å²) in [5.74, 6) is 0.408. The van der Waals surface area contributed by atoms with E-state index in [1.165, 1.54) is 5.57 Å². The van der Waals surface area contributed by atoms with E-state index in [1.54, 1.807) is 0 Å². The van der Waals surface area contributed by atoms with E-state index < -0.39 is 5.60 Å². The van der Waals surface area contributed by atoms with Crippen molar-refractivity contribution in [2.75, 3.05) is 0 Å². The van der Waals surface area contributed by atoms with Crippen LogP contribution < -0.4 is 0 Å². The van der Waals surface area contributed by atoms with Gasteiger partial charge in [0.2, 0.25) is 0 Å². The largest absolute Gasteiger partial charge is 0.389 e. The van der Waals surface area contributed by atoms with Gasteiger partial charge in [-0.3, -0.25) is 0 Å². The Hall–Kier alpha value is -0.560. The van der Waals surface area contributed by atoms with Crippen LogP contribution in [0.5, 0.6) is 0 Å². The standard InChI is InChI=1S/C21H32ClNO2/c1-13-6-7-15(21(5)11-9-17(22)19(2,3)25-21)18-14(13)8-10-20(4,24)16(18)12-23/h6,14-18,24H,7-11H2,1-5H3/t14-,15+,16-,17+,18+,20-,21-/m0/s1. The Kier molecular flexibility index (Phi) is 4.81. The van der Waals surface area contributed by atoms with Crippen molar-refractivity contribution in [1.29, 1.82) is 5.26 Å². The first-order chi connectivity index (χ1) is 11.5. The maximum atomic E-state index is 10.9. The van der Waals surface area contributed by atoms with Crippen molar-refractivity contribution in [1.82, 2.24) is 0 Å². The van der Waals surface area contributed by atoms with Gasteiger partial charge in [-0.05, 0) is 84.5 Å². The van der Waals surface area contributed by atoms with Gasteiger partial charge in [0, 0.05) is 0 Å². The first kappa shape index (κ1) is 19.2. The molecule has 1 saturated heterocycles. The van der Waals surface area contributed by atoms with E-state index in [0.717, 1.165) is 25.7 Å². The molecule has 1 saturated carbocycles. The number of ether oxygens (including phenoxy) is 1. The van der Waals surface area contributed by atoms with Gasteiger partial charge in [0.05, 0.1) is 34.2 Å². The van der Waals surface area contributed by atoms with Crippen LogP contribution in [0.15, 0.2) is 11.6 Å². The Morgan fingerprint density at radius 1 is 1.24 bits per heavy atom. The lowest BCUT2D eigenvalue weighted by Gasteiger charge is -2.57. The molecule has 2 fully saturated rings. The number of aliphatic hydroxyl groups is 1. The Labute approximate surface area is 157 Å². The van der Waals surface area contributed by atoms with Crippen molar-refractivity contribution >= 4 is 11.6 Å². The molecule has 0 spiro atoms. The van der Waals surface area contributed by atoms with Gasteiger partial charge in [0.25, 0.3) is 0 Å². The number of hydrogen-bond acceptors (Lipinski definition) is 3. The molecule has 0 aromatic carbocycles. The number of halogens is 1. The minimum absolute atomic E-state index is 0.0125. The van der Waals surface area contributed by atoms with Crippen LogP contribution in [0.1, 0.15) is 66.7 Å². The highest BCUT2D eigenvalue weighted by atomic mass is 35.5. The fraction of sp³-hybridized carbons (Fsp3) is 0.857. The van der Waals surface area contributed by atoms with Gasteiger partial charge in [0.15, 0.2) is 0 Å². The normalized spacial score (nSPS) is 49.7. The van der Waals surface area contributed by atoms with Crippen molar-refractivity contribution in [3.8, 4) is 6.07 Å². The summed E-state index contributed by atoms with van der Waals surface area (Å²) in [7, 11) is 0. The number of hydrogen-bond donors (Lipinski definition) is 1. The van der Waals surface area contributed by atoms with Gasteiger partial charge >= 0.3 is 0 Å². The molecule has 1 N–H and O–H groups in total. The van der Waals surface area contributed by atoms with Crippen LogP contribution >= 0.6 is 11.6 Å². The monoisotopic (exact) mass is 365 g/mol. The lowest BCUT2D eigenvalue weighted by Crippen LogP contribution is -2.59. The highest BCUT2D eigenvalue weighted by Gasteiger charge is 2.57. The molecule has 3 aliphatic rings. The van der Waals surface area contributed by atoms with E-state index >= 15 is 0 Å². The van der Waals surface area contributed by atoms with Gasteiger partial charge in [0.1, 0.15) is 0 Å². The van der Waals surface area contributed by atoms with Gasteiger partial charge in [-0.15, -0.1) is 11.6 Å². The Bertz CT molecular complexity index is 606. The molecule has 3 nitrogen and oxygen atoms in total. The fourth-order valence-corrected chi connectivity index (χ4v) is 5.88. The average molecular weight is 366 g/mol. The van der Waals surface area contributed by atoms with Crippen molar-refractivity contribution in [2.24, 2.45) is 23.7 Å². The van der Waals surface area contributed by atoms with E-state index in [-0.39, 0.29) is 34.3 Å². The van der Waals surface area contributed by atoms with Crippen molar-refractivity contribution < 1.29 is 9.84 Å². The lowest BCUT2D eigenvalue weighted by molar-refractivity contribution is -0.211. The topological polar surface area (TPSA) is 53.2 Å². The minimum atomic E-state index is -0.915. The van der Waals surface area contributed by atoms with Crippen LogP contribution in [0.4, 0.5) is 0 Å². The van der Waals surface area contributed by atoms with Crippen LogP contribution in [0, 0.1) is 35.0 Å². The number of allylic oxidation sites excluding steroid dienone is 2. The summed E-state index contributed by atoms with van der Waals surface area (Å²) in [6, 6.07) is 2.47. The fourth-order valence-electron chi connectivity index (χ4n) is 5.73. The number of alkyl halides is 1. The second kappa shape index (κ2) is 6.25. The third kappa shape index (κ3) is 3.15. The number of rotatable bonds is 1. The van der Waals surface area contributed by atoms with Crippen LogP contribution in [0.2, 0.25) is 0 Å². The molecule has 7 atom stereocenters. The van der Waals surface area contributed by atoms with E-state index in [0.29, 0.717) is 12.3 Å². The predicted molar refractivity (Wildman–Crippen MR) is 100 cm³/mol. The first-order valence-electron chi connectivity index (χ1n) is 9.65. The zero-order valence-electron chi connectivity index (χ0n) is 16.2. The van der Waals surface area contributed by atoms with Gasteiger partial charge < -0.3 is 9.84 Å².